The molecule has 88 valence electrons. The van der Waals surface area contributed by atoms with Crippen LogP contribution >= 0.6 is 0 Å². The zero-order valence-corrected chi connectivity index (χ0v) is 9.92. The van der Waals surface area contributed by atoms with E-state index >= 15 is 0 Å². The van der Waals surface area contributed by atoms with Gasteiger partial charge in [-0.25, -0.2) is 0 Å². The van der Waals surface area contributed by atoms with Crippen molar-refractivity contribution in [3.63, 3.8) is 0 Å². The summed E-state index contributed by atoms with van der Waals surface area (Å²) in [5.74, 6) is 1.12. The van der Waals surface area contributed by atoms with Gasteiger partial charge in [-0.05, 0) is 32.5 Å². The second-order valence-corrected chi connectivity index (χ2v) is 4.46. The standard InChI is InChI=1S/C13H19NO2/c1-3-13(6-7-14-2)9-16-12-8-10(15)4-5-11(12)13/h4-5,8,14-15H,3,6-7,9H2,1-2H3. The number of ether oxygens (including phenoxy) is 1. The second kappa shape index (κ2) is 4.34. The Morgan fingerprint density at radius 1 is 1.50 bits per heavy atom. The highest BCUT2D eigenvalue weighted by atomic mass is 16.5. The van der Waals surface area contributed by atoms with Crippen molar-refractivity contribution in [1.82, 2.24) is 5.32 Å². The summed E-state index contributed by atoms with van der Waals surface area (Å²) in [5.41, 5.74) is 1.36. The van der Waals surface area contributed by atoms with Crippen molar-refractivity contribution >= 4 is 0 Å². The Morgan fingerprint density at radius 2 is 2.31 bits per heavy atom. The molecule has 3 heteroatoms. The van der Waals surface area contributed by atoms with Gasteiger partial charge in [0.25, 0.3) is 0 Å². The Balaban J connectivity index is 2.32. The first-order valence-corrected chi connectivity index (χ1v) is 5.83. The van der Waals surface area contributed by atoms with Gasteiger partial charge in [-0.1, -0.05) is 13.0 Å². The molecule has 2 rings (SSSR count). The summed E-state index contributed by atoms with van der Waals surface area (Å²) >= 11 is 0. The van der Waals surface area contributed by atoms with Crippen LogP contribution in [0.15, 0.2) is 18.2 Å². The molecule has 1 aliphatic heterocycles. The smallest absolute Gasteiger partial charge is 0.126 e. The van der Waals surface area contributed by atoms with Crippen LogP contribution in [0, 0.1) is 0 Å². The van der Waals surface area contributed by atoms with Crippen molar-refractivity contribution in [2.45, 2.75) is 25.2 Å². The number of phenolic OH excluding ortho intramolecular Hbond substituents is 1. The molecule has 16 heavy (non-hydrogen) atoms. The molecule has 0 fully saturated rings. The number of benzene rings is 1. The van der Waals surface area contributed by atoms with Crippen LogP contribution in [0.3, 0.4) is 0 Å². The summed E-state index contributed by atoms with van der Waals surface area (Å²) in [4.78, 5) is 0. The average molecular weight is 221 g/mol. The van der Waals surface area contributed by atoms with Crippen LogP contribution in [0.5, 0.6) is 11.5 Å². The molecule has 1 atom stereocenters. The number of nitrogens with one attached hydrogen (secondary N) is 1. The van der Waals surface area contributed by atoms with Gasteiger partial charge in [0.15, 0.2) is 0 Å². The SMILES string of the molecule is CCC1(CCNC)COc2cc(O)ccc21. The molecule has 3 nitrogen and oxygen atoms in total. The topological polar surface area (TPSA) is 41.5 Å². The van der Waals surface area contributed by atoms with E-state index in [1.807, 2.05) is 13.1 Å². The number of aromatic hydroxyl groups is 1. The van der Waals surface area contributed by atoms with E-state index < -0.39 is 0 Å². The van der Waals surface area contributed by atoms with Crippen molar-refractivity contribution in [3.8, 4) is 11.5 Å². The Hall–Kier alpha value is -1.22. The van der Waals surface area contributed by atoms with Crippen molar-refractivity contribution in [1.29, 1.82) is 0 Å². The summed E-state index contributed by atoms with van der Waals surface area (Å²) in [7, 11) is 1.97. The third-order valence-corrected chi connectivity index (χ3v) is 3.57. The number of rotatable bonds is 4. The molecule has 0 aliphatic carbocycles. The van der Waals surface area contributed by atoms with Crippen LogP contribution in [0.1, 0.15) is 25.3 Å². The maximum atomic E-state index is 9.42. The summed E-state index contributed by atoms with van der Waals surface area (Å²) in [5, 5.41) is 12.6. The Labute approximate surface area is 96.4 Å². The Kier molecular flexibility index (Phi) is 3.06. The van der Waals surface area contributed by atoms with Crippen molar-refractivity contribution in [3.05, 3.63) is 23.8 Å². The van der Waals surface area contributed by atoms with E-state index in [9.17, 15) is 5.11 Å². The number of hydrogen-bond donors (Lipinski definition) is 2. The number of phenols is 1. The Bertz CT molecular complexity index is 378. The minimum Gasteiger partial charge on any atom is -0.508 e. The van der Waals surface area contributed by atoms with Gasteiger partial charge >= 0.3 is 0 Å². The molecular formula is C13H19NO2. The zero-order valence-electron chi connectivity index (χ0n) is 9.92. The lowest BCUT2D eigenvalue weighted by Gasteiger charge is -2.26. The fraction of sp³-hybridized carbons (Fsp3) is 0.538. The highest BCUT2D eigenvalue weighted by Crippen LogP contribution is 2.44. The van der Waals surface area contributed by atoms with E-state index in [4.69, 9.17) is 4.74 Å². The molecule has 0 radical (unpaired) electrons. The normalized spacial score (nSPS) is 22.9. The van der Waals surface area contributed by atoms with Crippen molar-refractivity contribution in [2.24, 2.45) is 0 Å². The first-order valence-electron chi connectivity index (χ1n) is 5.83. The molecule has 1 heterocycles. The van der Waals surface area contributed by atoms with Gasteiger partial charge in [0.2, 0.25) is 0 Å². The van der Waals surface area contributed by atoms with Crippen LogP contribution in [0.2, 0.25) is 0 Å². The third-order valence-electron chi connectivity index (χ3n) is 3.57. The van der Waals surface area contributed by atoms with Gasteiger partial charge < -0.3 is 15.2 Å². The van der Waals surface area contributed by atoms with E-state index in [1.165, 1.54) is 5.56 Å². The number of hydrogen-bond acceptors (Lipinski definition) is 3. The molecule has 0 saturated carbocycles. The van der Waals surface area contributed by atoms with E-state index in [0.29, 0.717) is 0 Å². The zero-order chi connectivity index (χ0) is 11.6. The van der Waals surface area contributed by atoms with Crippen molar-refractivity contribution in [2.75, 3.05) is 20.2 Å². The highest BCUT2D eigenvalue weighted by molar-refractivity contribution is 5.47. The van der Waals surface area contributed by atoms with Crippen LogP contribution in [0.25, 0.3) is 0 Å². The molecule has 0 aromatic heterocycles. The van der Waals surface area contributed by atoms with Gasteiger partial charge in [0.1, 0.15) is 11.5 Å². The van der Waals surface area contributed by atoms with E-state index in [-0.39, 0.29) is 11.2 Å². The molecule has 0 saturated heterocycles. The molecule has 1 unspecified atom stereocenters. The molecule has 1 aliphatic rings. The fourth-order valence-electron chi connectivity index (χ4n) is 2.40. The molecule has 1 aromatic carbocycles. The largest absolute Gasteiger partial charge is 0.508 e. The predicted molar refractivity (Wildman–Crippen MR) is 64.1 cm³/mol. The maximum Gasteiger partial charge on any atom is 0.126 e. The molecular weight excluding hydrogens is 202 g/mol. The Morgan fingerprint density at radius 3 is 3.00 bits per heavy atom. The van der Waals surface area contributed by atoms with Crippen LogP contribution in [0.4, 0.5) is 0 Å². The third kappa shape index (κ3) is 1.76. The summed E-state index contributed by atoms with van der Waals surface area (Å²) in [6.45, 7) is 3.91. The van der Waals surface area contributed by atoms with Gasteiger partial charge in [-0.3, -0.25) is 0 Å². The molecule has 2 N–H and O–H groups in total. The molecule has 0 bridgehead atoms. The van der Waals surface area contributed by atoms with Gasteiger partial charge in [0, 0.05) is 17.0 Å². The van der Waals surface area contributed by atoms with E-state index in [1.54, 1.807) is 12.1 Å². The lowest BCUT2D eigenvalue weighted by Crippen LogP contribution is -2.31. The van der Waals surface area contributed by atoms with Gasteiger partial charge in [0.05, 0.1) is 6.61 Å². The van der Waals surface area contributed by atoms with Crippen LogP contribution in [-0.2, 0) is 5.41 Å². The molecule has 0 amide bonds. The minimum absolute atomic E-state index is 0.117. The summed E-state index contributed by atoms with van der Waals surface area (Å²) in [6.07, 6.45) is 2.13. The first kappa shape index (κ1) is 11.3. The van der Waals surface area contributed by atoms with E-state index in [0.717, 1.165) is 31.7 Å². The van der Waals surface area contributed by atoms with Crippen molar-refractivity contribution < 1.29 is 9.84 Å². The first-order chi connectivity index (χ1) is 7.72. The lowest BCUT2D eigenvalue weighted by molar-refractivity contribution is 0.246. The second-order valence-electron chi connectivity index (χ2n) is 4.46. The lowest BCUT2D eigenvalue weighted by atomic mass is 9.77. The number of fused-ring (bicyclic) bond motifs is 1. The van der Waals surface area contributed by atoms with Crippen LogP contribution < -0.4 is 10.1 Å². The summed E-state index contributed by atoms with van der Waals surface area (Å²) in [6, 6.07) is 5.46. The van der Waals surface area contributed by atoms with Gasteiger partial charge in [-0.15, -0.1) is 0 Å². The van der Waals surface area contributed by atoms with Gasteiger partial charge in [-0.2, -0.15) is 0 Å². The quantitative estimate of drug-likeness (QED) is 0.817. The minimum atomic E-state index is 0.117. The van der Waals surface area contributed by atoms with E-state index in [2.05, 4.69) is 12.2 Å². The maximum absolute atomic E-state index is 9.42. The monoisotopic (exact) mass is 221 g/mol. The average Bonchev–Trinajstić information content (AvgIpc) is 2.65. The fourth-order valence-corrected chi connectivity index (χ4v) is 2.40. The van der Waals surface area contributed by atoms with Crippen LogP contribution in [-0.4, -0.2) is 25.3 Å². The predicted octanol–water partition coefficient (Wildman–Crippen LogP) is 2.04. The summed E-state index contributed by atoms with van der Waals surface area (Å²) < 4.78 is 5.70. The molecule has 1 aromatic rings. The molecule has 0 spiro atoms. The highest BCUT2D eigenvalue weighted by Gasteiger charge is 2.38.